The van der Waals surface area contributed by atoms with Crippen LogP contribution < -0.4 is 0 Å². The minimum atomic E-state index is -6.28. The molecule has 2 atom stereocenters. The van der Waals surface area contributed by atoms with E-state index < -0.39 is 206 Å². The summed E-state index contributed by atoms with van der Waals surface area (Å²) in [5.41, 5.74) is 0. The highest BCUT2D eigenvalue weighted by Gasteiger charge is 2.88. The molecule has 0 spiro atoms. The van der Waals surface area contributed by atoms with Crippen LogP contribution in [0.25, 0.3) is 0 Å². The third-order valence-corrected chi connectivity index (χ3v) is 8.41. The lowest BCUT2D eigenvalue weighted by Crippen LogP contribution is -2.62. The minimum absolute atomic E-state index is 0. The fourth-order valence-corrected chi connectivity index (χ4v) is 4.56. The summed E-state index contributed by atoms with van der Waals surface area (Å²) in [6, 6.07) is -25.8. The largest absolute Gasteiger partial charge is 0.589 e. The molecule has 0 aromatic heterocycles. The molecule has 0 aromatic carbocycles. The summed E-state index contributed by atoms with van der Waals surface area (Å²) >= 11 is 4.05. The van der Waals surface area contributed by atoms with Crippen LogP contribution in [0.1, 0.15) is 0 Å². The van der Waals surface area contributed by atoms with Crippen molar-refractivity contribution in [3.8, 4) is 0 Å². The Bertz CT molecular complexity index is 2980. The Labute approximate surface area is 567 Å². The highest BCUT2D eigenvalue weighted by atomic mass is 35.5. The van der Waals surface area contributed by atoms with Crippen LogP contribution in [0, 0.1) is 0 Å². The van der Waals surface area contributed by atoms with E-state index in [2.05, 4.69) is 101 Å². The van der Waals surface area contributed by atoms with Crippen LogP contribution in [0.3, 0.4) is 0 Å². The predicted molar refractivity (Wildman–Crippen MR) is 214 cm³/mol. The molecule has 8 aliphatic heterocycles. The summed E-state index contributed by atoms with van der Waals surface area (Å²) in [5.74, 6) is -24.4. The van der Waals surface area contributed by atoms with Crippen LogP contribution >= 0.6 is 11.6 Å². The Balaban J connectivity index is -0.000000577. The van der Waals surface area contributed by atoms with Gasteiger partial charge in [0, 0.05) is 0 Å². The summed E-state index contributed by atoms with van der Waals surface area (Å²) in [6.07, 6.45) is -74.9. The zero-order valence-corrected chi connectivity index (χ0v) is 48.9. The van der Waals surface area contributed by atoms with Gasteiger partial charge in [-0.25, -0.2) is 0 Å². The third kappa shape index (κ3) is 32.8. The first kappa shape index (κ1) is 108. The molecule has 2 fully saturated rings. The molecule has 2 saturated heterocycles. The molecule has 0 N–H and O–H groups in total. The van der Waals surface area contributed by atoms with Crippen molar-refractivity contribution in [2.45, 2.75) is 116 Å². The fraction of sp³-hybridized carbons (Fsp3) is 0.579. The van der Waals surface area contributed by atoms with Gasteiger partial charge in [-0.1, -0.05) is 0 Å². The van der Waals surface area contributed by atoms with Gasteiger partial charge in [-0.15, -0.1) is 61.5 Å². The molecule has 8 rings (SSSR count). The van der Waals surface area contributed by atoms with Crippen LogP contribution in [0.15, 0.2) is 97.2 Å². The van der Waals surface area contributed by atoms with Crippen molar-refractivity contribution in [2.75, 3.05) is 19.8 Å². The van der Waals surface area contributed by atoms with Gasteiger partial charge in [0.15, 0.2) is 6.61 Å². The molecular formula is C38H11ClF56O16. The quantitative estimate of drug-likeness (QED) is 0.181. The highest BCUT2D eigenvalue weighted by Crippen LogP contribution is 2.59. The monoisotopic (exact) mass is 1820 g/mol. The number of halogens is 57. The van der Waals surface area contributed by atoms with E-state index in [0.29, 0.717) is 0 Å². The number of hydrogen-bond acceptors (Lipinski definition) is 16. The summed E-state index contributed by atoms with van der Waals surface area (Å²) in [4.78, 5) is 0. The van der Waals surface area contributed by atoms with Gasteiger partial charge >= 0.3 is 188 Å². The van der Waals surface area contributed by atoms with Gasteiger partial charge in [-0.2, -0.15) is 180 Å². The maximum absolute atomic E-state index is 13.0. The third-order valence-electron chi connectivity index (χ3n) is 8.17. The molecule has 16 nitrogen and oxygen atoms in total. The Morgan fingerprint density at radius 1 is 0.252 bits per heavy atom. The first-order valence-electron chi connectivity index (χ1n) is 22.7. The maximum Gasteiger partial charge on any atom is 0.589 e. The van der Waals surface area contributed by atoms with Gasteiger partial charge in [-0.05, 0) is 24.8 Å². The molecule has 2 unspecified atom stereocenters. The second kappa shape index (κ2) is 36.7. The number of hydrogen-bond donors (Lipinski definition) is 0. The maximum atomic E-state index is 13.0. The zero-order valence-electron chi connectivity index (χ0n) is 48.1. The van der Waals surface area contributed by atoms with Crippen LogP contribution in [-0.4, -0.2) is 135 Å². The first-order valence-corrected chi connectivity index (χ1v) is 23.1. The number of alkyl halides is 44. The fourth-order valence-electron chi connectivity index (χ4n) is 4.38. The molecule has 73 heteroatoms. The zero-order chi connectivity index (χ0) is 89.0. The van der Waals surface area contributed by atoms with Gasteiger partial charge in [0.25, 0.3) is 11.9 Å². The van der Waals surface area contributed by atoms with Crippen LogP contribution in [0.5, 0.6) is 0 Å². The van der Waals surface area contributed by atoms with Gasteiger partial charge in [0.1, 0.15) is 13.2 Å². The molecule has 8 heterocycles. The number of rotatable bonds is 1. The van der Waals surface area contributed by atoms with E-state index in [9.17, 15) is 241 Å². The van der Waals surface area contributed by atoms with E-state index in [1.807, 2.05) is 0 Å². The van der Waals surface area contributed by atoms with E-state index in [0.717, 1.165) is 0 Å². The molecule has 111 heavy (non-hydrogen) atoms. The van der Waals surface area contributed by atoms with E-state index >= 15 is 0 Å². The lowest BCUT2D eigenvalue weighted by molar-refractivity contribution is -0.442. The van der Waals surface area contributed by atoms with Crippen molar-refractivity contribution in [1.82, 2.24) is 0 Å². The molecule has 0 aromatic rings. The average molecular weight is 1820 g/mol. The van der Waals surface area contributed by atoms with Crippen molar-refractivity contribution >= 4 is 11.6 Å². The van der Waals surface area contributed by atoms with E-state index in [4.69, 9.17) is 0 Å². The summed E-state index contributed by atoms with van der Waals surface area (Å²) < 4.78 is 680. The first-order chi connectivity index (χ1) is 47.8. The Hall–Kier alpha value is -8.91. The summed E-state index contributed by atoms with van der Waals surface area (Å²) in [6.45, 7) is 3.85. The van der Waals surface area contributed by atoms with E-state index in [1.54, 1.807) is 0 Å². The van der Waals surface area contributed by atoms with Crippen molar-refractivity contribution in [3.63, 3.8) is 0 Å². The molecule has 0 amide bonds. The van der Waals surface area contributed by atoms with Gasteiger partial charge in [0.05, 0.1) is 0 Å². The standard InChI is InChI=1S/C6H2F8O2.C5ClF7O2.C5F8O2.C4F6O2.2C4H2F4O2.C4H4F2O2.C3F4O2.3CF4.FH/c1-2-15-3(7,5(9,10)11)4(8,16-2)6(12,13)14;6-4(9,10)3(5(11,12)13)14-1(7)2(8)15-3;6-1-2(7)15-3(14-1,4(8,9)10)5(11,12)13;5-1-2(6)12-4(9,10)3(7,8)11-1;5-2-3(6)10-4(7,8)1-9-2;1-2-9-3(5,6)4(7,8)10-2;5-3-4(6)8-2-1-7-3;4-1-2(5)9-3(6,7)8-1;3*2-1(3,4)5;/h1H2;;;;2*1H2;1-2H2;;;;;1H. The smallest absolute Gasteiger partial charge is 0.463 e. The molecule has 658 valence electrons. The van der Waals surface area contributed by atoms with Crippen LogP contribution in [0.2, 0.25) is 0 Å². The predicted octanol–water partition coefficient (Wildman–Crippen LogP) is 22.1. The lowest BCUT2D eigenvalue weighted by atomic mass is 10.1. The average Bonchev–Trinajstić information content (AvgIpc) is 1.58. The van der Waals surface area contributed by atoms with Crippen LogP contribution in [0.4, 0.5) is 246 Å². The topological polar surface area (TPSA) is 148 Å². The van der Waals surface area contributed by atoms with Gasteiger partial charge < -0.3 is 75.8 Å². The molecule has 0 radical (unpaired) electrons. The van der Waals surface area contributed by atoms with E-state index in [-0.39, 0.29) is 17.9 Å². The second-order valence-electron chi connectivity index (χ2n) is 16.2. The molecular weight excluding hydrogens is 1810 g/mol. The SMILES string of the molecule is C=C1OC(F)(C(F)(F)F)C(F)(C(F)(F)F)O1.C=C1OC(F)(F)C(F)(F)O1.F.FC(F)(F)F.FC(F)(F)F.FC(F)(F)F.FC1=C(F)OC(C(F)(F)F)(C(F)(F)Cl)O1.FC1=C(F)OC(C(F)(F)F)(C(F)(F)F)O1.FC1=C(F)OC(F)(F)C(F)(F)O1.FC1=C(F)OC(F)(F)CO1.FC1=C(F)OC(F)(F)O1.FC1=C(F)OCCO1. The minimum Gasteiger partial charge on any atom is -0.463 e. The summed E-state index contributed by atoms with van der Waals surface area (Å²) in [5, 5.41) is -5.20. The normalized spacial score (nSPS) is 23.3. The van der Waals surface area contributed by atoms with Crippen molar-refractivity contribution in [1.29, 1.82) is 0 Å². The molecule has 0 saturated carbocycles. The Kier molecular flexibility index (Phi) is 35.9. The summed E-state index contributed by atoms with van der Waals surface area (Å²) in [7, 11) is 0. The van der Waals surface area contributed by atoms with Crippen molar-refractivity contribution in [2.24, 2.45) is 0 Å². The number of ether oxygens (including phenoxy) is 16. The van der Waals surface area contributed by atoms with Crippen LogP contribution in [-0.2, 0) is 75.8 Å². The van der Waals surface area contributed by atoms with Gasteiger partial charge in [-0.3, -0.25) is 4.70 Å². The Morgan fingerprint density at radius 2 is 0.450 bits per heavy atom. The molecule has 0 aliphatic carbocycles. The second-order valence-corrected chi connectivity index (χ2v) is 16.7. The highest BCUT2D eigenvalue weighted by molar-refractivity contribution is 6.22. The Morgan fingerprint density at radius 3 is 0.604 bits per heavy atom. The van der Waals surface area contributed by atoms with E-state index in [1.165, 1.54) is 0 Å². The van der Waals surface area contributed by atoms with Crippen molar-refractivity contribution in [3.05, 3.63) is 97.2 Å². The molecule has 0 bridgehead atoms. The molecule has 8 aliphatic rings. The van der Waals surface area contributed by atoms with Gasteiger partial charge in [0.2, 0.25) is 0 Å². The van der Waals surface area contributed by atoms with Crippen molar-refractivity contribution < 1.29 is 322 Å². The lowest BCUT2D eigenvalue weighted by Gasteiger charge is -2.31.